The van der Waals surface area contributed by atoms with E-state index in [1.54, 1.807) is 0 Å². The Kier molecular flexibility index (Phi) is 6.03. The van der Waals surface area contributed by atoms with Gasteiger partial charge in [0, 0.05) is 12.5 Å². The zero-order chi connectivity index (χ0) is 18.4. The quantitative estimate of drug-likeness (QED) is 0.632. The summed E-state index contributed by atoms with van der Waals surface area (Å²) in [5.74, 6) is -0.544. The van der Waals surface area contributed by atoms with Gasteiger partial charge in [-0.25, -0.2) is 0 Å². The summed E-state index contributed by atoms with van der Waals surface area (Å²) in [5.41, 5.74) is 2.05. The number of fused-ring (bicyclic) bond motifs is 1. The van der Waals surface area contributed by atoms with Crippen molar-refractivity contribution >= 4 is 16.7 Å². The zero-order valence-corrected chi connectivity index (χ0v) is 15.0. The van der Waals surface area contributed by atoms with Gasteiger partial charge in [-0.15, -0.1) is 0 Å². The molecule has 0 aliphatic carbocycles. The van der Waals surface area contributed by atoms with E-state index in [1.807, 2.05) is 42.5 Å². The van der Waals surface area contributed by atoms with Crippen molar-refractivity contribution in [1.82, 2.24) is 0 Å². The minimum absolute atomic E-state index is 0.00419. The van der Waals surface area contributed by atoms with Crippen molar-refractivity contribution < 1.29 is 14.6 Å². The fourth-order valence-electron chi connectivity index (χ4n) is 3.44. The zero-order valence-electron chi connectivity index (χ0n) is 15.0. The highest BCUT2D eigenvalue weighted by molar-refractivity contribution is 5.83. The third kappa shape index (κ3) is 4.12. The van der Waals surface area contributed by atoms with E-state index >= 15 is 0 Å². The maximum absolute atomic E-state index is 12.2. The third-order valence-electron chi connectivity index (χ3n) is 4.96. The Morgan fingerprint density at radius 1 is 0.885 bits per heavy atom. The van der Waals surface area contributed by atoms with Gasteiger partial charge in [0.2, 0.25) is 0 Å². The number of methoxy groups -OCH3 is 1. The Hall–Kier alpha value is -2.65. The number of aliphatic hydroxyl groups excluding tert-OH is 1. The smallest absolute Gasteiger partial charge is 0.313 e. The van der Waals surface area contributed by atoms with Crippen molar-refractivity contribution in [1.29, 1.82) is 0 Å². The highest BCUT2D eigenvalue weighted by atomic mass is 16.5. The number of hydrogen-bond acceptors (Lipinski definition) is 3. The molecule has 3 nitrogen and oxygen atoms in total. The van der Waals surface area contributed by atoms with Gasteiger partial charge in [0.05, 0.1) is 13.0 Å². The second kappa shape index (κ2) is 8.63. The Morgan fingerprint density at radius 3 is 2.27 bits per heavy atom. The fraction of sp³-hybridized carbons (Fsp3) is 0.261. The summed E-state index contributed by atoms with van der Waals surface area (Å²) < 4.78 is 4.99. The molecule has 0 saturated heterocycles. The van der Waals surface area contributed by atoms with Gasteiger partial charge >= 0.3 is 5.97 Å². The van der Waals surface area contributed by atoms with Crippen LogP contribution < -0.4 is 0 Å². The molecule has 0 fully saturated rings. The molecule has 26 heavy (non-hydrogen) atoms. The lowest BCUT2D eigenvalue weighted by atomic mass is 9.87. The highest BCUT2D eigenvalue weighted by Crippen LogP contribution is 2.30. The predicted molar refractivity (Wildman–Crippen MR) is 104 cm³/mol. The maximum Gasteiger partial charge on any atom is 0.313 e. The van der Waals surface area contributed by atoms with Crippen molar-refractivity contribution in [3.8, 4) is 0 Å². The molecule has 0 aromatic heterocycles. The van der Waals surface area contributed by atoms with Gasteiger partial charge in [0.1, 0.15) is 0 Å². The molecule has 0 heterocycles. The lowest BCUT2D eigenvalue weighted by Crippen LogP contribution is -2.16. The van der Waals surface area contributed by atoms with Crippen molar-refractivity contribution in [3.63, 3.8) is 0 Å². The van der Waals surface area contributed by atoms with Crippen LogP contribution in [0.1, 0.15) is 35.8 Å². The summed E-state index contributed by atoms with van der Waals surface area (Å²) in [4.78, 5) is 12.2. The number of esters is 1. The topological polar surface area (TPSA) is 46.5 Å². The fourth-order valence-corrected chi connectivity index (χ4v) is 3.44. The summed E-state index contributed by atoms with van der Waals surface area (Å²) in [6, 6.07) is 24.2. The summed E-state index contributed by atoms with van der Waals surface area (Å²) >= 11 is 0. The van der Waals surface area contributed by atoms with Gasteiger partial charge in [0.25, 0.3) is 0 Å². The molecule has 0 spiro atoms. The number of aliphatic hydroxyl groups is 1. The van der Waals surface area contributed by atoms with Crippen molar-refractivity contribution in [3.05, 3.63) is 83.9 Å². The van der Waals surface area contributed by atoms with Crippen LogP contribution in [0.3, 0.4) is 0 Å². The van der Waals surface area contributed by atoms with Crippen molar-refractivity contribution in [2.24, 2.45) is 0 Å². The van der Waals surface area contributed by atoms with Crippen LogP contribution >= 0.6 is 0 Å². The number of rotatable bonds is 7. The van der Waals surface area contributed by atoms with Gasteiger partial charge in [-0.05, 0) is 34.7 Å². The average molecular weight is 348 g/mol. The standard InChI is InChI=1S/C23H24O3/c1-26-23(25)22(18-8-3-2-4-9-18)14-13-21(16-24)20-12-11-17-7-5-6-10-19(17)15-20/h2-12,15,21-22,24H,13-14,16H2,1H3. The molecule has 3 aromatic carbocycles. The van der Waals surface area contributed by atoms with E-state index in [-0.39, 0.29) is 24.4 Å². The lowest BCUT2D eigenvalue weighted by molar-refractivity contribution is -0.142. The van der Waals surface area contributed by atoms with E-state index in [2.05, 4.69) is 30.3 Å². The average Bonchev–Trinajstić information content (AvgIpc) is 2.71. The Balaban J connectivity index is 1.78. The van der Waals surface area contributed by atoms with Crippen LogP contribution in [0.15, 0.2) is 72.8 Å². The van der Waals surface area contributed by atoms with E-state index < -0.39 is 0 Å². The van der Waals surface area contributed by atoms with Crippen LogP contribution in [-0.4, -0.2) is 24.8 Å². The van der Waals surface area contributed by atoms with Gasteiger partial charge in [-0.2, -0.15) is 0 Å². The second-order valence-electron chi connectivity index (χ2n) is 6.55. The van der Waals surface area contributed by atoms with E-state index in [0.29, 0.717) is 12.8 Å². The van der Waals surface area contributed by atoms with Crippen molar-refractivity contribution in [2.75, 3.05) is 13.7 Å². The maximum atomic E-state index is 12.2. The molecule has 3 rings (SSSR count). The van der Waals surface area contributed by atoms with Crippen LogP contribution in [0, 0.1) is 0 Å². The largest absolute Gasteiger partial charge is 0.469 e. The number of ether oxygens (including phenoxy) is 1. The molecule has 0 bridgehead atoms. The predicted octanol–water partition coefficient (Wildman–Crippen LogP) is 4.65. The molecule has 0 aliphatic rings. The first-order valence-electron chi connectivity index (χ1n) is 8.95. The third-order valence-corrected chi connectivity index (χ3v) is 4.96. The van der Waals surface area contributed by atoms with Crippen LogP contribution in [0.4, 0.5) is 0 Å². The van der Waals surface area contributed by atoms with Crippen LogP contribution in [0.2, 0.25) is 0 Å². The minimum Gasteiger partial charge on any atom is -0.469 e. The normalized spacial score (nSPS) is 13.3. The summed E-state index contributed by atoms with van der Waals surface area (Å²) in [6.45, 7) is 0.0566. The molecule has 0 amide bonds. The van der Waals surface area contributed by atoms with E-state index in [1.165, 1.54) is 12.5 Å². The second-order valence-corrected chi connectivity index (χ2v) is 6.55. The first kappa shape index (κ1) is 18.2. The monoisotopic (exact) mass is 348 g/mol. The molecular formula is C23H24O3. The molecule has 3 heteroatoms. The number of benzene rings is 3. The number of carbonyl (C=O) groups is 1. The Bertz CT molecular complexity index is 857. The first-order valence-corrected chi connectivity index (χ1v) is 8.95. The number of carbonyl (C=O) groups excluding carboxylic acids is 1. The molecule has 0 saturated carbocycles. The summed E-state index contributed by atoms with van der Waals surface area (Å²) in [6.07, 6.45) is 1.35. The Morgan fingerprint density at radius 2 is 1.58 bits per heavy atom. The number of hydrogen-bond donors (Lipinski definition) is 1. The highest BCUT2D eigenvalue weighted by Gasteiger charge is 2.23. The SMILES string of the molecule is COC(=O)C(CCC(CO)c1ccc2ccccc2c1)c1ccccc1. The Labute approximate surface area is 154 Å². The van der Waals surface area contributed by atoms with Gasteiger partial charge < -0.3 is 9.84 Å². The summed E-state index contributed by atoms with van der Waals surface area (Å²) in [5, 5.41) is 12.3. The first-order chi connectivity index (χ1) is 12.7. The van der Waals surface area contributed by atoms with Gasteiger partial charge in [-0.1, -0.05) is 72.8 Å². The summed E-state index contributed by atoms with van der Waals surface area (Å²) in [7, 11) is 1.42. The van der Waals surface area contributed by atoms with Gasteiger partial charge in [-0.3, -0.25) is 4.79 Å². The van der Waals surface area contributed by atoms with Crippen molar-refractivity contribution in [2.45, 2.75) is 24.7 Å². The van der Waals surface area contributed by atoms with Crippen LogP contribution in [-0.2, 0) is 9.53 Å². The van der Waals surface area contributed by atoms with E-state index in [4.69, 9.17) is 4.74 Å². The van der Waals surface area contributed by atoms with E-state index in [9.17, 15) is 9.90 Å². The van der Waals surface area contributed by atoms with E-state index in [0.717, 1.165) is 16.5 Å². The van der Waals surface area contributed by atoms with Gasteiger partial charge in [0.15, 0.2) is 0 Å². The minimum atomic E-state index is -0.310. The molecule has 1 N–H and O–H groups in total. The molecule has 0 aliphatic heterocycles. The molecule has 3 aromatic rings. The molecule has 2 atom stereocenters. The molecular weight excluding hydrogens is 324 g/mol. The molecule has 134 valence electrons. The molecule has 2 unspecified atom stereocenters. The van der Waals surface area contributed by atoms with Crippen LogP contribution in [0.5, 0.6) is 0 Å². The van der Waals surface area contributed by atoms with Crippen LogP contribution in [0.25, 0.3) is 10.8 Å². The molecule has 0 radical (unpaired) electrons. The lowest BCUT2D eigenvalue weighted by Gasteiger charge is -2.20.